The largest absolute Gasteiger partial charge is 0.478 e. The van der Waals surface area contributed by atoms with E-state index >= 15 is 0 Å². The molecule has 5 heteroatoms. The first kappa shape index (κ1) is 15.5. The van der Waals surface area contributed by atoms with E-state index in [-0.39, 0.29) is 11.5 Å². The molecule has 0 saturated heterocycles. The molecule has 0 atom stereocenters. The molecule has 1 aliphatic rings. The molecule has 1 aliphatic carbocycles. The van der Waals surface area contributed by atoms with Crippen LogP contribution in [0.4, 0.5) is 0 Å². The average molecular weight is 291 g/mol. The van der Waals surface area contributed by atoms with E-state index in [4.69, 9.17) is 9.84 Å². The molecule has 0 aromatic heterocycles. The number of benzene rings is 1. The van der Waals surface area contributed by atoms with Gasteiger partial charge in [-0.15, -0.1) is 0 Å². The minimum absolute atomic E-state index is 0.132. The Balaban J connectivity index is 1.75. The molecule has 2 rings (SSSR count). The number of hydrogen-bond acceptors (Lipinski definition) is 3. The monoisotopic (exact) mass is 291 g/mol. The first-order valence-corrected chi connectivity index (χ1v) is 7.27. The van der Waals surface area contributed by atoms with Crippen molar-refractivity contribution in [2.24, 2.45) is 5.92 Å². The molecular weight excluding hydrogens is 270 g/mol. The van der Waals surface area contributed by atoms with Crippen LogP contribution < -0.4 is 5.32 Å². The van der Waals surface area contributed by atoms with Crippen molar-refractivity contribution in [1.29, 1.82) is 0 Å². The van der Waals surface area contributed by atoms with Crippen LogP contribution in [0.2, 0.25) is 0 Å². The highest BCUT2D eigenvalue weighted by Gasteiger charge is 2.20. The second-order valence-electron chi connectivity index (χ2n) is 5.52. The summed E-state index contributed by atoms with van der Waals surface area (Å²) in [4.78, 5) is 22.9. The third kappa shape index (κ3) is 5.19. The number of carboxylic acid groups (broad SMARTS) is 1. The van der Waals surface area contributed by atoms with E-state index < -0.39 is 5.97 Å². The first-order valence-electron chi connectivity index (χ1n) is 7.27. The zero-order chi connectivity index (χ0) is 15.2. The van der Waals surface area contributed by atoms with Crippen molar-refractivity contribution in [3.8, 4) is 0 Å². The summed E-state index contributed by atoms with van der Waals surface area (Å²) in [5.41, 5.74) is 1.27. The fourth-order valence-electron chi connectivity index (χ4n) is 2.05. The number of rotatable bonds is 8. The van der Waals surface area contributed by atoms with Gasteiger partial charge in [0.1, 0.15) is 0 Å². The van der Waals surface area contributed by atoms with E-state index in [1.807, 2.05) is 0 Å². The molecule has 1 amide bonds. The van der Waals surface area contributed by atoms with Crippen LogP contribution in [0.25, 0.3) is 0 Å². The number of nitrogens with one attached hydrogen (secondary N) is 1. The van der Waals surface area contributed by atoms with Crippen molar-refractivity contribution in [3.05, 3.63) is 34.9 Å². The highest BCUT2D eigenvalue weighted by molar-refractivity contribution is 5.97. The van der Waals surface area contributed by atoms with E-state index in [0.29, 0.717) is 18.7 Å². The van der Waals surface area contributed by atoms with Gasteiger partial charge in [-0.05, 0) is 55.9 Å². The maximum Gasteiger partial charge on any atom is 0.335 e. The number of aryl methyl sites for hydroxylation is 1. The molecule has 1 saturated carbocycles. The number of ether oxygens (including phenoxy) is 1. The highest BCUT2D eigenvalue weighted by Crippen LogP contribution is 2.28. The van der Waals surface area contributed by atoms with Crippen LogP contribution >= 0.6 is 0 Å². The molecule has 1 aromatic carbocycles. The molecule has 5 nitrogen and oxygen atoms in total. The van der Waals surface area contributed by atoms with Gasteiger partial charge in [0.2, 0.25) is 0 Å². The van der Waals surface area contributed by atoms with Gasteiger partial charge < -0.3 is 15.2 Å². The van der Waals surface area contributed by atoms with Crippen molar-refractivity contribution >= 4 is 11.9 Å². The maximum atomic E-state index is 12.0. The Morgan fingerprint density at radius 2 is 2.00 bits per heavy atom. The zero-order valence-corrected chi connectivity index (χ0v) is 12.2. The number of hydrogen-bond donors (Lipinski definition) is 2. The minimum atomic E-state index is -1.03. The van der Waals surface area contributed by atoms with Gasteiger partial charge in [0.15, 0.2) is 0 Å². The molecule has 0 unspecified atom stereocenters. The van der Waals surface area contributed by atoms with E-state index in [9.17, 15) is 9.59 Å². The SMILES string of the molecule is Cc1cc(C(=O)O)cc(C(=O)NCCCOCC2CC2)c1. The van der Waals surface area contributed by atoms with Crippen LogP contribution in [0.15, 0.2) is 18.2 Å². The standard InChI is InChI=1S/C16H21NO4/c1-11-7-13(9-14(8-11)16(19)20)15(18)17-5-2-6-21-10-12-3-4-12/h7-9,12H,2-6,10H2,1H3,(H,17,18)(H,19,20). The molecule has 1 fully saturated rings. The lowest BCUT2D eigenvalue weighted by Gasteiger charge is -2.07. The smallest absolute Gasteiger partial charge is 0.335 e. The molecule has 1 aromatic rings. The van der Waals surface area contributed by atoms with Crippen molar-refractivity contribution in [2.75, 3.05) is 19.8 Å². The quantitative estimate of drug-likeness (QED) is 0.720. The predicted molar refractivity (Wildman–Crippen MR) is 78.6 cm³/mol. The third-order valence-corrected chi connectivity index (χ3v) is 3.39. The van der Waals surface area contributed by atoms with E-state index in [1.165, 1.54) is 18.9 Å². The molecule has 0 bridgehead atoms. The molecule has 2 N–H and O–H groups in total. The van der Waals surface area contributed by atoms with Gasteiger partial charge in [0.25, 0.3) is 5.91 Å². The number of aromatic carboxylic acids is 1. The van der Waals surface area contributed by atoms with Crippen LogP contribution in [0, 0.1) is 12.8 Å². The normalized spacial score (nSPS) is 14.0. The van der Waals surface area contributed by atoms with E-state index in [0.717, 1.165) is 24.5 Å². The van der Waals surface area contributed by atoms with Gasteiger partial charge in [0, 0.05) is 25.3 Å². The summed E-state index contributed by atoms with van der Waals surface area (Å²) >= 11 is 0. The number of carbonyl (C=O) groups is 2. The van der Waals surface area contributed by atoms with Crippen LogP contribution in [0.3, 0.4) is 0 Å². The van der Waals surface area contributed by atoms with Gasteiger partial charge in [0.05, 0.1) is 5.56 Å². The second-order valence-corrected chi connectivity index (χ2v) is 5.52. The lowest BCUT2D eigenvalue weighted by molar-refractivity contribution is 0.0696. The Labute approximate surface area is 124 Å². The summed E-state index contributed by atoms with van der Waals surface area (Å²) in [5, 5.41) is 11.8. The van der Waals surface area contributed by atoms with Gasteiger partial charge in [-0.25, -0.2) is 4.79 Å². The summed E-state index contributed by atoms with van der Waals surface area (Å²) in [7, 11) is 0. The topological polar surface area (TPSA) is 75.6 Å². The van der Waals surface area contributed by atoms with Crippen molar-refractivity contribution in [3.63, 3.8) is 0 Å². The Kier molecular flexibility index (Phi) is 5.33. The Morgan fingerprint density at radius 1 is 1.29 bits per heavy atom. The Hall–Kier alpha value is -1.88. The van der Waals surface area contributed by atoms with Gasteiger partial charge in [-0.2, -0.15) is 0 Å². The lowest BCUT2D eigenvalue weighted by Crippen LogP contribution is -2.25. The first-order chi connectivity index (χ1) is 10.1. The van der Waals surface area contributed by atoms with Crippen molar-refractivity contribution in [1.82, 2.24) is 5.32 Å². The Bertz CT molecular complexity index is 523. The second kappa shape index (κ2) is 7.22. The molecule has 0 spiro atoms. The summed E-state index contributed by atoms with van der Waals surface area (Å²) in [6.07, 6.45) is 3.31. The van der Waals surface area contributed by atoms with Gasteiger partial charge >= 0.3 is 5.97 Å². The fraction of sp³-hybridized carbons (Fsp3) is 0.500. The molecule has 0 aliphatic heterocycles. The van der Waals surface area contributed by atoms with E-state index in [2.05, 4.69) is 5.32 Å². The van der Waals surface area contributed by atoms with Gasteiger partial charge in [-0.3, -0.25) is 4.79 Å². The van der Waals surface area contributed by atoms with Crippen molar-refractivity contribution in [2.45, 2.75) is 26.2 Å². The summed E-state index contributed by atoms with van der Waals surface area (Å²) < 4.78 is 5.49. The van der Waals surface area contributed by atoms with Crippen molar-refractivity contribution < 1.29 is 19.4 Å². The van der Waals surface area contributed by atoms with Crippen LogP contribution in [-0.4, -0.2) is 36.7 Å². The zero-order valence-electron chi connectivity index (χ0n) is 12.2. The van der Waals surface area contributed by atoms with Crippen LogP contribution in [-0.2, 0) is 4.74 Å². The predicted octanol–water partition coefficient (Wildman–Crippen LogP) is 2.24. The summed E-state index contributed by atoms with van der Waals surface area (Å²) in [5.74, 6) is -0.522. The average Bonchev–Trinajstić information content (AvgIpc) is 3.25. The Morgan fingerprint density at radius 3 is 2.67 bits per heavy atom. The highest BCUT2D eigenvalue weighted by atomic mass is 16.5. The lowest BCUT2D eigenvalue weighted by atomic mass is 10.1. The molecule has 0 heterocycles. The van der Waals surface area contributed by atoms with Crippen LogP contribution in [0.5, 0.6) is 0 Å². The number of carboxylic acids is 1. The molecule has 114 valence electrons. The molecule has 0 radical (unpaired) electrons. The van der Waals surface area contributed by atoms with Gasteiger partial charge in [-0.1, -0.05) is 0 Å². The summed E-state index contributed by atoms with van der Waals surface area (Å²) in [6, 6.07) is 4.63. The number of amides is 1. The summed E-state index contributed by atoms with van der Waals surface area (Å²) in [6.45, 7) is 3.77. The van der Waals surface area contributed by atoms with Crippen LogP contribution in [0.1, 0.15) is 45.5 Å². The number of carbonyl (C=O) groups excluding carboxylic acids is 1. The maximum absolute atomic E-state index is 12.0. The third-order valence-electron chi connectivity index (χ3n) is 3.39. The molecular formula is C16H21NO4. The molecule has 21 heavy (non-hydrogen) atoms. The minimum Gasteiger partial charge on any atom is -0.478 e. The fourth-order valence-corrected chi connectivity index (χ4v) is 2.05. The van der Waals surface area contributed by atoms with E-state index in [1.54, 1.807) is 19.1 Å².